The Bertz CT molecular complexity index is 704. The molecule has 3 rings (SSSR count). The first-order chi connectivity index (χ1) is 9.25. The van der Waals surface area contributed by atoms with Crippen molar-refractivity contribution in [1.29, 1.82) is 0 Å². The third-order valence-electron chi connectivity index (χ3n) is 2.97. The highest BCUT2D eigenvalue weighted by atomic mass is 16.5. The zero-order chi connectivity index (χ0) is 13.2. The summed E-state index contributed by atoms with van der Waals surface area (Å²) in [5.74, 6) is 1.07. The van der Waals surface area contributed by atoms with E-state index in [1.54, 1.807) is 12.4 Å². The normalized spacial score (nSPS) is 10.6. The summed E-state index contributed by atoms with van der Waals surface area (Å²) in [6.07, 6.45) is 3.43. The zero-order valence-electron chi connectivity index (χ0n) is 10.5. The molecule has 2 N–H and O–H groups in total. The van der Waals surface area contributed by atoms with Gasteiger partial charge in [-0.1, -0.05) is 35.0 Å². The number of aromatic nitrogens is 2. The highest BCUT2D eigenvalue weighted by molar-refractivity contribution is 5.86. The average Bonchev–Trinajstić information content (AvgIpc) is 2.82. The summed E-state index contributed by atoms with van der Waals surface area (Å²) in [5.41, 5.74) is 9.85. The van der Waals surface area contributed by atoms with Crippen LogP contribution in [0.15, 0.2) is 53.3 Å². The number of nitrogens with two attached hydrogens (primary N) is 1. The van der Waals surface area contributed by atoms with Gasteiger partial charge < -0.3 is 10.3 Å². The third-order valence-corrected chi connectivity index (χ3v) is 2.97. The summed E-state index contributed by atoms with van der Waals surface area (Å²) in [4.78, 5) is 4.00. The zero-order valence-corrected chi connectivity index (χ0v) is 10.5. The van der Waals surface area contributed by atoms with Gasteiger partial charge in [0.25, 0.3) is 0 Å². The quantitative estimate of drug-likeness (QED) is 0.759. The molecule has 0 fully saturated rings. The molecule has 94 valence electrons. The van der Waals surface area contributed by atoms with Crippen LogP contribution in [0.1, 0.15) is 5.56 Å². The Morgan fingerprint density at radius 2 is 1.84 bits per heavy atom. The number of rotatable bonds is 2. The molecule has 0 atom stereocenters. The van der Waals surface area contributed by atoms with Crippen molar-refractivity contribution in [1.82, 2.24) is 10.1 Å². The molecule has 2 aromatic heterocycles. The van der Waals surface area contributed by atoms with Gasteiger partial charge in [0.05, 0.1) is 5.56 Å². The lowest BCUT2D eigenvalue weighted by atomic mass is 10.0. The van der Waals surface area contributed by atoms with Gasteiger partial charge in [-0.3, -0.25) is 4.98 Å². The van der Waals surface area contributed by atoms with Gasteiger partial charge in [-0.05, 0) is 24.6 Å². The van der Waals surface area contributed by atoms with Crippen molar-refractivity contribution in [2.45, 2.75) is 6.92 Å². The Balaban J connectivity index is 2.20. The summed E-state index contributed by atoms with van der Waals surface area (Å²) in [6.45, 7) is 2.04. The van der Waals surface area contributed by atoms with E-state index in [-0.39, 0.29) is 0 Å². The van der Waals surface area contributed by atoms with E-state index in [1.807, 2.05) is 37.3 Å². The second kappa shape index (κ2) is 4.57. The smallest absolute Gasteiger partial charge is 0.177 e. The first-order valence-corrected chi connectivity index (χ1v) is 5.98. The maximum absolute atomic E-state index is 5.94. The molecule has 4 nitrogen and oxygen atoms in total. The van der Waals surface area contributed by atoms with Crippen LogP contribution in [0.3, 0.4) is 0 Å². The number of nitrogen functional groups attached to an aromatic ring is 1. The number of aryl methyl sites for hydroxylation is 1. The van der Waals surface area contributed by atoms with E-state index in [0.717, 1.165) is 16.7 Å². The van der Waals surface area contributed by atoms with Crippen LogP contribution < -0.4 is 5.73 Å². The van der Waals surface area contributed by atoms with E-state index < -0.39 is 0 Å². The van der Waals surface area contributed by atoms with Gasteiger partial charge in [-0.2, -0.15) is 0 Å². The molecule has 0 aliphatic heterocycles. The Morgan fingerprint density at radius 1 is 1.05 bits per heavy atom. The molecule has 0 amide bonds. The largest absolute Gasteiger partial charge is 0.380 e. The molecule has 1 aromatic carbocycles. The van der Waals surface area contributed by atoms with E-state index in [1.165, 1.54) is 5.56 Å². The Hall–Kier alpha value is -2.62. The molecule has 0 spiro atoms. The SMILES string of the molecule is Cc1cccc(-c2c(N)noc2-c2ccncc2)c1. The van der Waals surface area contributed by atoms with Gasteiger partial charge in [0.2, 0.25) is 0 Å². The predicted octanol–water partition coefficient (Wildman–Crippen LogP) is 3.29. The van der Waals surface area contributed by atoms with Crippen LogP contribution in [0, 0.1) is 6.92 Å². The van der Waals surface area contributed by atoms with Crippen LogP contribution >= 0.6 is 0 Å². The van der Waals surface area contributed by atoms with Crippen molar-refractivity contribution in [2.24, 2.45) is 0 Å². The topological polar surface area (TPSA) is 64.9 Å². The van der Waals surface area contributed by atoms with Crippen molar-refractivity contribution in [2.75, 3.05) is 5.73 Å². The molecule has 0 aliphatic carbocycles. The molecule has 0 bridgehead atoms. The van der Waals surface area contributed by atoms with Crippen molar-refractivity contribution < 1.29 is 4.52 Å². The summed E-state index contributed by atoms with van der Waals surface area (Å²) < 4.78 is 5.37. The van der Waals surface area contributed by atoms with Crippen molar-refractivity contribution in [3.63, 3.8) is 0 Å². The van der Waals surface area contributed by atoms with E-state index in [2.05, 4.69) is 16.2 Å². The molecule has 0 aliphatic rings. The van der Waals surface area contributed by atoms with Crippen LogP contribution in [0.5, 0.6) is 0 Å². The summed E-state index contributed by atoms with van der Waals surface area (Å²) >= 11 is 0. The fourth-order valence-corrected chi connectivity index (χ4v) is 2.08. The minimum Gasteiger partial charge on any atom is -0.380 e. The van der Waals surface area contributed by atoms with Gasteiger partial charge in [0, 0.05) is 18.0 Å². The summed E-state index contributed by atoms with van der Waals surface area (Å²) in [7, 11) is 0. The average molecular weight is 251 g/mol. The first-order valence-electron chi connectivity index (χ1n) is 5.98. The Kier molecular flexibility index (Phi) is 2.76. The highest BCUT2D eigenvalue weighted by Crippen LogP contribution is 2.36. The van der Waals surface area contributed by atoms with E-state index in [9.17, 15) is 0 Å². The lowest BCUT2D eigenvalue weighted by Gasteiger charge is -2.03. The molecule has 0 radical (unpaired) electrons. The van der Waals surface area contributed by atoms with Gasteiger partial charge in [0.15, 0.2) is 11.6 Å². The molecule has 2 heterocycles. The molecule has 3 aromatic rings. The van der Waals surface area contributed by atoms with Crippen LogP contribution in [-0.2, 0) is 0 Å². The summed E-state index contributed by atoms with van der Waals surface area (Å²) in [6, 6.07) is 11.8. The molecule has 0 saturated carbocycles. The van der Waals surface area contributed by atoms with Crippen LogP contribution in [0.2, 0.25) is 0 Å². The fraction of sp³-hybridized carbons (Fsp3) is 0.0667. The number of hydrogen-bond acceptors (Lipinski definition) is 4. The van der Waals surface area contributed by atoms with Crippen LogP contribution in [0.4, 0.5) is 5.82 Å². The number of benzene rings is 1. The maximum atomic E-state index is 5.94. The number of pyridine rings is 1. The van der Waals surface area contributed by atoms with E-state index in [4.69, 9.17) is 10.3 Å². The fourth-order valence-electron chi connectivity index (χ4n) is 2.08. The minimum absolute atomic E-state index is 0.400. The standard InChI is InChI=1S/C15H13N3O/c1-10-3-2-4-12(9-10)13-14(19-18-15(13)16)11-5-7-17-8-6-11/h2-9H,1H3,(H2,16,18). The monoisotopic (exact) mass is 251 g/mol. The van der Waals surface area contributed by atoms with Crippen molar-refractivity contribution in [3.8, 4) is 22.5 Å². The molecule has 19 heavy (non-hydrogen) atoms. The highest BCUT2D eigenvalue weighted by Gasteiger charge is 2.17. The van der Waals surface area contributed by atoms with Crippen molar-refractivity contribution in [3.05, 3.63) is 54.4 Å². The molecular weight excluding hydrogens is 238 g/mol. The molecular formula is C15H13N3O. The van der Waals surface area contributed by atoms with Gasteiger partial charge in [0.1, 0.15) is 0 Å². The number of hydrogen-bond donors (Lipinski definition) is 1. The van der Waals surface area contributed by atoms with Crippen LogP contribution in [-0.4, -0.2) is 10.1 Å². The lowest BCUT2D eigenvalue weighted by Crippen LogP contribution is -1.89. The molecule has 4 heteroatoms. The number of anilines is 1. The van der Waals surface area contributed by atoms with E-state index >= 15 is 0 Å². The van der Waals surface area contributed by atoms with Crippen LogP contribution in [0.25, 0.3) is 22.5 Å². The van der Waals surface area contributed by atoms with Gasteiger partial charge in [-0.25, -0.2) is 0 Å². The Morgan fingerprint density at radius 3 is 2.58 bits per heavy atom. The van der Waals surface area contributed by atoms with Gasteiger partial charge in [-0.15, -0.1) is 0 Å². The summed E-state index contributed by atoms with van der Waals surface area (Å²) in [5, 5.41) is 3.88. The minimum atomic E-state index is 0.400. The number of nitrogens with zero attached hydrogens (tertiary/aromatic N) is 2. The lowest BCUT2D eigenvalue weighted by molar-refractivity contribution is 0.436. The molecule has 0 saturated heterocycles. The second-order valence-electron chi connectivity index (χ2n) is 4.38. The Labute approximate surface area is 110 Å². The third kappa shape index (κ3) is 2.08. The molecule has 0 unspecified atom stereocenters. The maximum Gasteiger partial charge on any atom is 0.177 e. The van der Waals surface area contributed by atoms with Gasteiger partial charge >= 0.3 is 0 Å². The van der Waals surface area contributed by atoms with E-state index in [0.29, 0.717) is 11.6 Å². The first kappa shape index (κ1) is 11.5. The predicted molar refractivity (Wildman–Crippen MR) is 74.3 cm³/mol. The van der Waals surface area contributed by atoms with Crippen molar-refractivity contribution >= 4 is 5.82 Å². The second-order valence-corrected chi connectivity index (χ2v) is 4.38.